The fraction of sp³-hybridized carbons (Fsp3) is 0.200. The summed E-state index contributed by atoms with van der Waals surface area (Å²) in [6.07, 6.45) is 0. The lowest BCUT2D eigenvalue weighted by atomic mass is 10.2. The van der Waals surface area contributed by atoms with Crippen LogP contribution in [-0.2, 0) is 10.0 Å². The van der Waals surface area contributed by atoms with Gasteiger partial charge < -0.3 is 9.47 Å². The highest BCUT2D eigenvalue weighted by molar-refractivity contribution is 7.92. The molecule has 0 atom stereocenters. The van der Waals surface area contributed by atoms with Crippen LogP contribution in [-0.4, -0.2) is 22.6 Å². The van der Waals surface area contributed by atoms with Crippen molar-refractivity contribution in [2.24, 2.45) is 0 Å². The molecular formula is C15H17NO4S. The van der Waals surface area contributed by atoms with Crippen LogP contribution in [0.5, 0.6) is 11.5 Å². The van der Waals surface area contributed by atoms with Crippen LogP contribution in [0.25, 0.3) is 0 Å². The Morgan fingerprint density at radius 3 is 2.05 bits per heavy atom. The van der Waals surface area contributed by atoms with Gasteiger partial charge in [0, 0.05) is 6.07 Å². The van der Waals surface area contributed by atoms with Crippen molar-refractivity contribution < 1.29 is 17.9 Å². The molecule has 0 saturated carbocycles. The van der Waals surface area contributed by atoms with Crippen molar-refractivity contribution in [1.82, 2.24) is 0 Å². The van der Waals surface area contributed by atoms with E-state index in [2.05, 4.69) is 4.72 Å². The number of hydrogen-bond acceptors (Lipinski definition) is 4. The maximum Gasteiger partial charge on any atom is 0.261 e. The average Bonchev–Trinajstić information content (AvgIpc) is 2.49. The van der Waals surface area contributed by atoms with Crippen LogP contribution in [0.2, 0.25) is 0 Å². The molecule has 112 valence electrons. The van der Waals surface area contributed by atoms with E-state index < -0.39 is 10.0 Å². The Bertz CT molecular complexity index is 724. The van der Waals surface area contributed by atoms with Gasteiger partial charge in [-0.15, -0.1) is 0 Å². The summed E-state index contributed by atoms with van der Waals surface area (Å²) in [4.78, 5) is 0.172. The fourth-order valence-electron chi connectivity index (χ4n) is 1.80. The van der Waals surface area contributed by atoms with Gasteiger partial charge in [0.15, 0.2) is 0 Å². The molecule has 2 aromatic carbocycles. The standard InChI is InChI=1S/C15H17NO4S/c1-11-4-5-13(20-3)10-15(11)16-21(17,18)14-8-6-12(19-2)7-9-14/h4-10,16H,1-3H3. The number of benzene rings is 2. The number of methoxy groups -OCH3 is 2. The van der Waals surface area contributed by atoms with Gasteiger partial charge in [0.05, 0.1) is 24.8 Å². The molecule has 0 aliphatic carbocycles. The maximum atomic E-state index is 12.4. The van der Waals surface area contributed by atoms with Gasteiger partial charge in [-0.2, -0.15) is 0 Å². The minimum absolute atomic E-state index is 0.172. The predicted octanol–water partition coefficient (Wildman–Crippen LogP) is 2.81. The average molecular weight is 307 g/mol. The smallest absolute Gasteiger partial charge is 0.261 e. The van der Waals surface area contributed by atoms with Crippen molar-refractivity contribution in [3.05, 3.63) is 48.0 Å². The largest absolute Gasteiger partial charge is 0.497 e. The molecule has 1 N–H and O–H groups in total. The summed E-state index contributed by atoms with van der Waals surface area (Å²) >= 11 is 0. The second-order valence-corrected chi connectivity index (χ2v) is 6.14. The second-order valence-electron chi connectivity index (χ2n) is 4.46. The molecule has 0 spiro atoms. The zero-order chi connectivity index (χ0) is 15.5. The molecule has 21 heavy (non-hydrogen) atoms. The molecule has 0 radical (unpaired) electrons. The third kappa shape index (κ3) is 3.46. The summed E-state index contributed by atoms with van der Waals surface area (Å²) in [5.74, 6) is 1.19. The van der Waals surface area contributed by atoms with Gasteiger partial charge in [-0.25, -0.2) is 8.42 Å². The van der Waals surface area contributed by atoms with E-state index in [1.54, 1.807) is 30.3 Å². The first-order valence-corrected chi connectivity index (χ1v) is 7.76. The summed E-state index contributed by atoms with van der Waals surface area (Å²) in [7, 11) is -0.584. The second kappa shape index (κ2) is 6.05. The summed E-state index contributed by atoms with van der Waals surface area (Å²) in [6, 6.07) is 11.4. The number of nitrogens with one attached hydrogen (secondary N) is 1. The van der Waals surface area contributed by atoms with E-state index in [-0.39, 0.29) is 4.90 Å². The van der Waals surface area contributed by atoms with Crippen molar-refractivity contribution in [2.75, 3.05) is 18.9 Å². The van der Waals surface area contributed by atoms with Crippen LogP contribution < -0.4 is 14.2 Å². The summed E-state index contributed by atoms with van der Waals surface area (Å²) in [5.41, 5.74) is 1.30. The first kappa shape index (κ1) is 15.2. The van der Waals surface area contributed by atoms with Gasteiger partial charge in [-0.3, -0.25) is 4.72 Å². The molecule has 0 heterocycles. The summed E-state index contributed by atoms with van der Waals surface area (Å²) < 4.78 is 37.4. The van der Waals surface area contributed by atoms with Crippen LogP contribution in [0.3, 0.4) is 0 Å². The molecular weight excluding hydrogens is 290 g/mol. The van der Waals surface area contributed by atoms with Gasteiger partial charge in [-0.05, 0) is 42.8 Å². The highest BCUT2D eigenvalue weighted by atomic mass is 32.2. The monoisotopic (exact) mass is 307 g/mol. The van der Waals surface area contributed by atoms with E-state index in [1.165, 1.54) is 26.4 Å². The Balaban J connectivity index is 2.32. The van der Waals surface area contributed by atoms with Crippen LogP contribution >= 0.6 is 0 Å². The number of sulfonamides is 1. The van der Waals surface area contributed by atoms with Crippen molar-refractivity contribution in [2.45, 2.75) is 11.8 Å². The van der Waals surface area contributed by atoms with E-state index in [0.29, 0.717) is 17.2 Å². The van der Waals surface area contributed by atoms with E-state index in [1.807, 2.05) is 6.92 Å². The molecule has 0 fully saturated rings. The molecule has 6 heteroatoms. The molecule has 0 aliphatic rings. The fourth-order valence-corrected chi connectivity index (χ4v) is 2.92. The van der Waals surface area contributed by atoms with Crippen molar-refractivity contribution in [3.63, 3.8) is 0 Å². The van der Waals surface area contributed by atoms with Crippen molar-refractivity contribution in [3.8, 4) is 11.5 Å². The minimum Gasteiger partial charge on any atom is -0.497 e. The third-order valence-electron chi connectivity index (χ3n) is 3.06. The SMILES string of the molecule is COc1ccc(S(=O)(=O)Nc2cc(OC)ccc2C)cc1. The Morgan fingerprint density at radius 1 is 0.905 bits per heavy atom. The Kier molecular flexibility index (Phi) is 4.37. The maximum absolute atomic E-state index is 12.4. The first-order chi connectivity index (χ1) is 9.96. The normalized spacial score (nSPS) is 11.0. The van der Waals surface area contributed by atoms with E-state index >= 15 is 0 Å². The van der Waals surface area contributed by atoms with Gasteiger partial charge in [0.25, 0.3) is 10.0 Å². The molecule has 0 saturated heterocycles. The molecule has 2 rings (SSSR count). The quantitative estimate of drug-likeness (QED) is 0.922. The van der Waals surface area contributed by atoms with Crippen molar-refractivity contribution >= 4 is 15.7 Å². The molecule has 0 aliphatic heterocycles. The van der Waals surface area contributed by atoms with Gasteiger partial charge in [0.1, 0.15) is 11.5 Å². The summed E-state index contributed by atoms with van der Waals surface area (Å²) in [6.45, 7) is 1.82. The lowest BCUT2D eigenvalue weighted by molar-refractivity contribution is 0.414. The van der Waals surface area contributed by atoms with Gasteiger partial charge in [-0.1, -0.05) is 6.07 Å². The number of ether oxygens (including phenoxy) is 2. The third-order valence-corrected chi connectivity index (χ3v) is 4.44. The van der Waals surface area contributed by atoms with Crippen LogP contribution in [0.1, 0.15) is 5.56 Å². The minimum atomic E-state index is -3.65. The van der Waals surface area contributed by atoms with E-state index in [9.17, 15) is 8.42 Å². The van der Waals surface area contributed by atoms with E-state index in [4.69, 9.17) is 9.47 Å². The van der Waals surface area contributed by atoms with Crippen LogP contribution in [0.4, 0.5) is 5.69 Å². The molecule has 0 bridgehead atoms. The number of hydrogen-bond donors (Lipinski definition) is 1. The Labute approximate surface area is 124 Å². The number of anilines is 1. The lowest BCUT2D eigenvalue weighted by Crippen LogP contribution is -2.13. The molecule has 0 amide bonds. The first-order valence-electron chi connectivity index (χ1n) is 6.28. The van der Waals surface area contributed by atoms with Gasteiger partial charge >= 0.3 is 0 Å². The molecule has 5 nitrogen and oxygen atoms in total. The highest BCUT2D eigenvalue weighted by Gasteiger charge is 2.15. The Morgan fingerprint density at radius 2 is 1.48 bits per heavy atom. The predicted molar refractivity (Wildman–Crippen MR) is 81.5 cm³/mol. The Hall–Kier alpha value is -2.21. The molecule has 0 aromatic heterocycles. The van der Waals surface area contributed by atoms with Crippen LogP contribution in [0.15, 0.2) is 47.4 Å². The zero-order valence-corrected chi connectivity index (χ0v) is 12.9. The highest BCUT2D eigenvalue weighted by Crippen LogP contribution is 2.25. The molecule has 0 unspecified atom stereocenters. The lowest BCUT2D eigenvalue weighted by Gasteiger charge is -2.12. The topological polar surface area (TPSA) is 64.6 Å². The van der Waals surface area contributed by atoms with Crippen LogP contribution in [0, 0.1) is 6.92 Å². The van der Waals surface area contributed by atoms with Crippen molar-refractivity contribution in [1.29, 1.82) is 0 Å². The molecule has 2 aromatic rings. The van der Waals surface area contributed by atoms with Gasteiger partial charge in [0.2, 0.25) is 0 Å². The summed E-state index contributed by atoms with van der Waals surface area (Å²) in [5, 5.41) is 0. The number of rotatable bonds is 5. The number of aryl methyl sites for hydroxylation is 1. The van der Waals surface area contributed by atoms with E-state index in [0.717, 1.165) is 5.56 Å². The zero-order valence-electron chi connectivity index (χ0n) is 12.1.